The van der Waals surface area contributed by atoms with Crippen molar-refractivity contribution in [3.05, 3.63) is 96.1 Å². The highest BCUT2D eigenvalue weighted by atomic mass is 16.2. The maximum absolute atomic E-state index is 13.8. The Bertz CT molecular complexity index is 1310. The van der Waals surface area contributed by atoms with E-state index in [4.69, 9.17) is 5.73 Å². The SMILES string of the molecule is CN(C)C(=O)[C@@H](Cc1ccccc1)NC(=O)C(Cc1ccc2ccccc2c1)N(C)C(=O)/C=C/CC(C)(C)N. The molecular formula is C32H40N4O3. The third-order valence-electron chi connectivity index (χ3n) is 6.60. The van der Waals surface area contributed by atoms with Gasteiger partial charge in [0.2, 0.25) is 17.7 Å². The van der Waals surface area contributed by atoms with Crippen LogP contribution in [0.1, 0.15) is 31.4 Å². The van der Waals surface area contributed by atoms with Crippen molar-refractivity contribution in [2.75, 3.05) is 21.1 Å². The number of nitrogens with one attached hydrogen (secondary N) is 1. The minimum absolute atomic E-state index is 0.212. The van der Waals surface area contributed by atoms with Crippen LogP contribution in [0.5, 0.6) is 0 Å². The summed E-state index contributed by atoms with van der Waals surface area (Å²) in [5.41, 5.74) is 7.45. The standard InChI is InChI=1S/C32H40N4O3/c1-32(2,33)19-11-16-29(37)36(5)28(22-24-17-18-25-14-9-10-15-26(25)20-24)30(38)34-27(31(39)35(3)4)21-23-12-7-6-8-13-23/h6-18,20,27-28H,19,21-22,33H2,1-5H3,(H,34,38)/b16-11+/t27-,28?/m1/s1. The van der Waals surface area contributed by atoms with Gasteiger partial charge in [-0.1, -0.05) is 78.9 Å². The molecule has 3 aromatic carbocycles. The first-order valence-corrected chi connectivity index (χ1v) is 13.2. The zero-order valence-electron chi connectivity index (χ0n) is 23.6. The highest BCUT2D eigenvalue weighted by Gasteiger charge is 2.31. The summed E-state index contributed by atoms with van der Waals surface area (Å²) in [6.07, 6.45) is 4.35. The van der Waals surface area contributed by atoms with Gasteiger partial charge in [0, 0.05) is 39.5 Å². The van der Waals surface area contributed by atoms with E-state index < -0.39 is 17.6 Å². The number of hydrogen-bond acceptors (Lipinski definition) is 4. The molecule has 39 heavy (non-hydrogen) atoms. The maximum Gasteiger partial charge on any atom is 0.246 e. The lowest BCUT2D eigenvalue weighted by Crippen LogP contribution is -2.55. The van der Waals surface area contributed by atoms with E-state index in [1.807, 2.05) is 86.6 Å². The largest absolute Gasteiger partial charge is 0.347 e. The first kappa shape index (κ1) is 29.6. The zero-order chi connectivity index (χ0) is 28.6. The Morgan fingerprint density at radius 3 is 2.15 bits per heavy atom. The van der Waals surface area contributed by atoms with Crippen LogP contribution in [0.3, 0.4) is 0 Å². The molecule has 2 atom stereocenters. The highest BCUT2D eigenvalue weighted by Crippen LogP contribution is 2.19. The second-order valence-corrected chi connectivity index (χ2v) is 10.9. The van der Waals surface area contributed by atoms with Crippen LogP contribution in [-0.4, -0.2) is 66.3 Å². The summed E-state index contributed by atoms with van der Waals surface area (Å²) in [5, 5.41) is 5.10. The normalized spacial score (nSPS) is 13.2. The van der Waals surface area contributed by atoms with E-state index >= 15 is 0 Å². The van der Waals surface area contributed by atoms with E-state index in [0.29, 0.717) is 19.3 Å². The zero-order valence-corrected chi connectivity index (χ0v) is 23.6. The molecule has 7 nitrogen and oxygen atoms in total. The van der Waals surface area contributed by atoms with Crippen LogP contribution < -0.4 is 11.1 Å². The van der Waals surface area contributed by atoms with E-state index in [1.54, 1.807) is 27.2 Å². The number of fused-ring (bicyclic) bond motifs is 1. The molecule has 206 valence electrons. The van der Waals surface area contributed by atoms with Crippen molar-refractivity contribution in [3.8, 4) is 0 Å². The smallest absolute Gasteiger partial charge is 0.246 e. The predicted molar refractivity (Wildman–Crippen MR) is 157 cm³/mol. The third kappa shape index (κ3) is 8.79. The summed E-state index contributed by atoms with van der Waals surface area (Å²) >= 11 is 0. The summed E-state index contributed by atoms with van der Waals surface area (Å²) in [6, 6.07) is 22.0. The summed E-state index contributed by atoms with van der Waals surface area (Å²) < 4.78 is 0. The second-order valence-electron chi connectivity index (χ2n) is 10.9. The Hall–Kier alpha value is -3.97. The van der Waals surface area contributed by atoms with Crippen LogP contribution in [-0.2, 0) is 27.2 Å². The Balaban J connectivity index is 1.89. The monoisotopic (exact) mass is 528 g/mol. The summed E-state index contributed by atoms with van der Waals surface area (Å²) in [7, 11) is 4.95. The van der Waals surface area contributed by atoms with E-state index in [9.17, 15) is 14.4 Å². The molecule has 0 saturated carbocycles. The van der Waals surface area contributed by atoms with Crippen molar-refractivity contribution < 1.29 is 14.4 Å². The Labute approximate surface area is 231 Å². The van der Waals surface area contributed by atoms with Gasteiger partial charge in [-0.15, -0.1) is 0 Å². The molecule has 1 unspecified atom stereocenters. The Morgan fingerprint density at radius 2 is 1.51 bits per heavy atom. The fraction of sp³-hybridized carbons (Fsp3) is 0.344. The first-order valence-electron chi connectivity index (χ1n) is 13.2. The molecule has 3 N–H and O–H groups in total. The number of amides is 3. The molecule has 0 saturated heterocycles. The van der Waals surface area contributed by atoms with Crippen LogP contribution in [0, 0.1) is 0 Å². The second kappa shape index (κ2) is 13.2. The van der Waals surface area contributed by atoms with Gasteiger partial charge in [-0.05, 0) is 48.2 Å². The minimum Gasteiger partial charge on any atom is -0.347 e. The van der Waals surface area contributed by atoms with Crippen molar-refractivity contribution in [2.24, 2.45) is 5.73 Å². The summed E-state index contributed by atoms with van der Waals surface area (Å²) in [4.78, 5) is 42.9. The molecule has 0 aliphatic carbocycles. The molecule has 0 aliphatic rings. The van der Waals surface area contributed by atoms with Gasteiger partial charge >= 0.3 is 0 Å². The van der Waals surface area contributed by atoms with Crippen LogP contribution in [0.4, 0.5) is 0 Å². The molecule has 0 bridgehead atoms. The van der Waals surface area contributed by atoms with Crippen molar-refractivity contribution in [1.29, 1.82) is 0 Å². The van der Waals surface area contributed by atoms with Crippen LogP contribution in [0.25, 0.3) is 10.8 Å². The number of carbonyl (C=O) groups is 3. The molecule has 7 heteroatoms. The maximum atomic E-state index is 13.8. The molecule has 0 heterocycles. The topological polar surface area (TPSA) is 95.7 Å². The Morgan fingerprint density at radius 1 is 0.872 bits per heavy atom. The number of likely N-dealkylation sites (N-methyl/N-ethyl adjacent to an activating group) is 2. The fourth-order valence-corrected chi connectivity index (χ4v) is 4.36. The van der Waals surface area contributed by atoms with Gasteiger partial charge in [-0.3, -0.25) is 14.4 Å². The average molecular weight is 529 g/mol. The molecule has 3 rings (SSSR count). The van der Waals surface area contributed by atoms with Crippen molar-refractivity contribution >= 4 is 28.5 Å². The molecule has 0 spiro atoms. The van der Waals surface area contributed by atoms with E-state index in [2.05, 4.69) is 5.32 Å². The molecule has 0 radical (unpaired) electrons. The van der Waals surface area contributed by atoms with Crippen LogP contribution in [0.15, 0.2) is 84.9 Å². The summed E-state index contributed by atoms with van der Waals surface area (Å²) in [6.45, 7) is 3.77. The van der Waals surface area contributed by atoms with Crippen LogP contribution in [0.2, 0.25) is 0 Å². The average Bonchev–Trinajstić information content (AvgIpc) is 2.90. The third-order valence-corrected chi connectivity index (χ3v) is 6.60. The van der Waals surface area contributed by atoms with E-state index in [1.165, 1.54) is 15.9 Å². The molecule has 3 amide bonds. The fourth-order valence-electron chi connectivity index (χ4n) is 4.36. The van der Waals surface area contributed by atoms with Gasteiger partial charge < -0.3 is 20.9 Å². The minimum atomic E-state index is -0.831. The van der Waals surface area contributed by atoms with Gasteiger partial charge in [0.15, 0.2) is 0 Å². The molecule has 0 aromatic heterocycles. The lowest BCUT2D eigenvalue weighted by atomic mass is 9.99. The van der Waals surface area contributed by atoms with Gasteiger partial charge in [0.05, 0.1) is 0 Å². The highest BCUT2D eigenvalue weighted by molar-refractivity contribution is 5.95. The van der Waals surface area contributed by atoms with Gasteiger partial charge in [-0.25, -0.2) is 0 Å². The van der Waals surface area contributed by atoms with Crippen molar-refractivity contribution in [2.45, 2.75) is 50.7 Å². The van der Waals surface area contributed by atoms with Crippen molar-refractivity contribution in [1.82, 2.24) is 15.1 Å². The van der Waals surface area contributed by atoms with E-state index in [-0.39, 0.29) is 17.7 Å². The number of benzene rings is 3. The number of nitrogens with zero attached hydrogens (tertiary/aromatic N) is 2. The van der Waals surface area contributed by atoms with Crippen LogP contribution >= 0.6 is 0 Å². The van der Waals surface area contributed by atoms with Gasteiger partial charge in [0.25, 0.3) is 0 Å². The predicted octanol–water partition coefficient (Wildman–Crippen LogP) is 3.71. The van der Waals surface area contributed by atoms with Crippen molar-refractivity contribution in [3.63, 3.8) is 0 Å². The Kier molecular flexibility index (Phi) is 10.0. The van der Waals surface area contributed by atoms with E-state index in [0.717, 1.165) is 21.9 Å². The lowest BCUT2D eigenvalue weighted by molar-refractivity contribution is -0.139. The number of rotatable bonds is 11. The molecule has 3 aromatic rings. The number of carbonyl (C=O) groups excluding carboxylic acids is 3. The molecule has 0 fully saturated rings. The summed E-state index contributed by atoms with van der Waals surface area (Å²) in [5.74, 6) is -0.905. The van der Waals surface area contributed by atoms with Gasteiger partial charge in [0.1, 0.15) is 12.1 Å². The number of nitrogens with two attached hydrogens (primary N) is 1. The quantitative estimate of drug-likeness (QED) is 0.371. The molecule has 0 aliphatic heterocycles. The first-order chi connectivity index (χ1) is 18.4. The molecular weight excluding hydrogens is 488 g/mol. The number of hydrogen-bond donors (Lipinski definition) is 2. The lowest BCUT2D eigenvalue weighted by Gasteiger charge is -2.29. The van der Waals surface area contributed by atoms with Gasteiger partial charge in [-0.2, -0.15) is 0 Å².